The molecule has 0 aliphatic carbocycles. The van der Waals surface area contributed by atoms with E-state index in [1.54, 1.807) is 0 Å². The van der Waals surface area contributed by atoms with Crippen LogP contribution in [0.15, 0.2) is 34.9 Å². The van der Waals surface area contributed by atoms with Gasteiger partial charge < -0.3 is 14.7 Å². The van der Waals surface area contributed by atoms with Gasteiger partial charge in [0.1, 0.15) is 0 Å². The molecule has 3 rings (SSSR count). The topological polar surface area (TPSA) is 41.3 Å². The zero-order valence-corrected chi connectivity index (χ0v) is 13.0. The van der Waals surface area contributed by atoms with Gasteiger partial charge in [-0.15, -0.1) is 0 Å². The summed E-state index contributed by atoms with van der Waals surface area (Å²) in [5.41, 5.74) is 3.72. The lowest BCUT2D eigenvalue weighted by Gasteiger charge is -2.23. The van der Waals surface area contributed by atoms with Gasteiger partial charge in [-0.25, -0.2) is 0 Å². The van der Waals surface area contributed by atoms with Crippen LogP contribution in [0.3, 0.4) is 0 Å². The van der Waals surface area contributed by atoms with Crippen molar-refractivity contribution in [3.8, 4) is 0 Å². The number of hydrogen-bond acceptors (Lipinski definition) is 4. The Bertz CT molecular complexity index is 606. The molecule has 1 aliphatic heterocycles. The molecule has 0 saturated carbocycles. The molecule has 2 aromatic rings. The maximum Gasteiger partial charge on any atom is 0.156 e. The number of benzene rings is 1. The van der Waals surface area contributed by atoms with Gasteiger partial charge >= 0.3 is 0 Å². The number of anilines is 1. The predicted molar refractivity (Wildman–Crippen MR) is 84.3 cm³/mol. The maximum absolute atomic E-state index is 5.49. The van der Waals surface area contributed by atoms with Gasteiger partial charge in [-0.2, -0.15) is 0 Å². The molecule has 0 bridgehead atoms. The normalized spacial score (nSPS) is 17.5. The Kier molecular flexibility index (Phi) is 3.97. The number of para-hydroxylation sites is 1. The quantitative estimate of drug-likeness (QED) is 0.916. The van der Waals surface area contributed by atoms with E-state index in [0.717, 1.165) is 31.0 Å². The molecule has 0 radical (unpaired) electrons. The van der Waals surface area contributed by atoms with Gasteiger partial charge in [0.05, 0.1) is 12.2 Å². The molecule has 4 heteroatoms. The molecule has 0 amide bonds. The van der Waals surface area contributed by atoms with Gasteiger partial charge in [0.25, 0.3) is 0 Å². The molecule has 1 atom stereocenters. The fourth-order valence-electron chi connectivity index (χ4n) is 2.86. The van der Waals surface area contributed by atoms with Gasteiger partial charge in [-0.3, -0.25) is 0 Å². The minimum Gasteiger partial charge on any atom is -0.361 e. The first-order valence-electron chi connectivity index (χ1n) is 7.66. The third-order valence-corrected chi connectivity index (χ3v) is 3.97. The first-order valence-corrected chi connectivity index (χ1v) is 7.66. The smallest absolute Gasteiger partial charge is 0.156 e. The van der Waals surface area contributed by atoms with E-state index in [1.807, 2.05) is 0 Å². The van der Waals surface area contributed by atoms with Gasteiger partial charge in [0.2, 0.25) is 0 Å². The second-order valence-electron chi connectivity index (χ2n) is 6.13. The van der Waals surface area contributed by atoms with Crippen molar-refractivity contribution in [2.45, 2.75) is 52.4 Å². The zero-order valence-electron chi connectivity index (χ0n) is 13.0. The van der Waals surface area contributed by atoms with Crippen LogP contribution < -0.4 is 10.2 Å². The van der Waals surface area contributed by atoms with Crippen molar-refractivity contribution in [1.82, 2.24) is 10.5 Å². The van der Waals surface area contributed by atoms with Crippen LogP contribution in [0.1, 0.15) is 37.8 Å². The molecule has 4 nitrogen and oxygen atoms in total. The fraction of sp³-hybridized carbons (Fsp3) is 0.471. The summed E-state index contributed by atoms with van der Waals surface area (Å²) in [6, 6.07) is 11.6. The molecular formula is C17H23N3O. The molecule has 1 N–H and O–H groups in total. The monoisotopic (exact) mass is 285 g/mol. The molecule has 0 fully saturated rings. The van der Waals surface area contributed by atoms with E-state index in [2.05, 4.69) is 66.5 Å². The van der Waals surface area contributed by atoms with Crippen molar-refractivity contribution in [3.63, 3.8) is 0 Å². The number of aromatic nitrogens is 1. The summed E-state index contributed by atoms with van der Waals surface area (Å²) in [5.74, 6) is 0.930. The highest BCUT2D eigenvalue weighted by Gasteiger charge is 2.26. The van der Waals surface area contributed by atoms with Gasteiger partial charge in [0.15, 0.2) is 5.76 Å². The molecule has 1 aliphatic rings. The number of nitrogens with zero attached hydrogens (tertiary/aromatic N) is 2. The Morgan fingerprint density at radius 2 is 2.19 bits per heavy atom. The van der Waals surface area contributed by atoms with Crippen molar-refractivity contribution < 1.29 is 4.52 Å². The second kappa shape index (κ2) is 5.90. The minimum absolute atomic E-state index is 0.454. The van der Waals surface area contributed by atoms with Gasteiger partial charge in [-0.1, -0.05) is 37.2 Å². The second-order valence-corrected chi connectivity index (χ2v) is 6.13. The van der Waals surface area contributed by atoms with Crippen LogP contribution in [-0.2, 0) is 19.5 Å². The lowest BCUT2D eigenvalue weighted by Crippen LogP contribution is -2.28. The molecular weight excluding hydrogens is 262 g/mol. The number of rotatable bonds is 5. The van der Waals surface area contributed by atoms with Crippen molar-refractivity contribution in [1.29, 1.82) is 0 Å². The van der Waals surface area contributed by atoms with Gasteiger partial charge in [-0.05, 0) is 25.0 Å². The molecule has 0 saturated heterocycles. The third kappa shape index (κ3) is 3.10. The first kappa shape index (κ1) is 14.1. The maximum atomic E-state index is 5.49. The van der Waals surface area contributed by atoms with Crippen LogP contribution in [0.25, 0.3) is 0 Å². The first-order chi connectivity index (χ1) is 10.1. The molecule has 21 heavy (non-hydrogen) atoms. The van der Waals surface area contributed by atoms with Crippen LogP contribution in [0.5, 0.6) is 0 Å². The Morgan fingerprint density at radius 3 is 3.00 bits per heavy atom. The lowest BCUT2D eigenvalue weighted by atomic mass is 10.1. The van der Waals surface area contributed by atoms with E-state index in [4.69, 9.17) is 4.52 Å². The summed E-state index contributed by atoms with van der Waals surface area (Å²) in [7, 11) is 0. The Hall–Kier alpha value is -1.81. The third-order valence-electron chi connectivity index (χ3n) is 3.97. The van der Waals surface area contributed by atoms with Crippen LogP contribution in [-0.4, -0.2) is 17.2 Å². The molecule has 2 heterocycles. The minimum atomic E-state index is 0.454. The summed E-state index contributed by atoms with van der Waals surface area (Å²) >= 11 is 0. The van der Waals surface area contributed by atoms with Crippen molar-refractivity contribution >= 4 is 5.69 Å². The molecule has 1 aromatic heterocycles. The lowest BCUT2D eigenvalue weighted by molar-refractivity contribution is 0.370. The summed E-state index contributed by atoms with van der Waals surface area (Å²) in [4.78, 5) is 2.40. The van der Waals surface area contributed by atoms with Gasteiger partial charge in [0, 0.05) is 30.4 Å². The molecule has 1 unspecified atom stereocenters. The Labute approximate surface area is 126 Å². The van der Waals surface area contributed by atoms with E-state index < -0.39 is 0 Å². The fourth-order valence-corrected chi connectivity index (χ4v) is 2.86. The molecule has 0 spiro atoms. The van der Waals surface area contributed by atoms with Crippen molar-refractivity contribution in [2.24, 2.45) is 0 Å². The number of fused-ring (bicyclic) bond motifs is 1. The van der Waals surface area contributed by atoms with Crippen LogP contribution >= 0.6 is 0 Å². The van der Waals surface area contributed by atoms with E-state index in [-0.39, 0.29) is 0 Å². The highest BCUT2D eigenvalue weighted by molar-refractivity contribution is 5.59. The summed E-state index contributed by atoms with van der Waals surface area (Å²) in [5, 5.41) is 7.50. The molecule has 112 valence electrons. The summed E-state index contributed by atoms with van der Waals surface area (Å²) in [6.45, 7) is 8.06. The zero-order chi connectivity index (χ0) is 14.8. The average molecular weight is 285 g/mol. The van der Waals surface area contributed by atoms with Crippen molar-refractivity contribution in [2.75, 3.05) is 4.90 Å². The van der Waals surface area contributed by atoms with Crippen molar-refractivity contribution in [3.05, 3.63) is 47.3 Å². The SMILES string of the molecule is CC(C)NCc1cc(CN2c3ccccc3CC2C)on1. The number of nitrogens with one attached hydrogen (secondary N) is 1. The summed E-state index contributed by atoms with van der Waals surface area (Å²) in [6.07, 6.45) is 1.10. The Morgan fingerprint density at radius 1 is 1.38 bits per heavy atom. The number of hydrogen-bond donors (Lipinski definition) is 1. The largest absolute Gasteiger partial charge is 0.361 e. The summed E-state index contributed by atoms with van der Waals surface area (Å²) < 4.78 is 5.49. The van der Waals surface area contributed by atoms with Crippen LogP contribution in [0, 0.1) is 0 Å². The van der Waals surface area contributed by atoms with E-state index in [0.29, 0.717) is 12.1 Å². The Balaban J connectivity index is 1.69. The highest BCUT2D eigenvalue weighted by Crippen LogP contribution is 2.33. The molecule has 1 aromatic carbocycles. The van der Waals surface area contributed by atoms with E-state index in [1.165, 1.54) is 11.3 Å². The van der Waals surface area contributed by atoms with E-state index >= 15 is 0 Å². The van der Waals surface area contributed by atoms with Crippen LogP contribution in [0.2, 0.25) is 0 Å². The standard InChI is InChI=1S/C17H23N3O/c1-12(2)18-10-15-9-16(21-19-15)11-20-13(3)8-14-6-4-5-7-17(14)20/h4-7,9,12-13,18H,8,10-11H2,1-3H3. The van der Waals surface area contributed by atoms with E-state index in [9.17, 15) is 0 Å². The highest BCUT2D eigenvalue weighted by atomic mass is 16.5. The van der Waals surface area contributed by atoms with Crippen LogP contribution in [0.4, 0.5) is 5.69 Å². The predicted octanol–water partition coefficient (Wildman–Crippen LogP) is 3.12. The average Bonchev–Trinajstić information content (AvgIpc) is 3.02.